The first-order chi connectivity index (χ1) is 6.13. The van der Waals surface area contributed by atoms with Crippen molar-refractivity contribution in [1.29, 1.82) is 0 Å². The molecule has 0 aliphatic rings. The van der Waals surface area contributed by atoms with Crippen LogP contribution in [0, 0.1) is 0 Å². The van der Waals surface area contributed by atoms with E-state index in [9.17, 15) is 4.79 Å². The number of aromatic nitrogens is 2. The zero-order chi connectivity index (χ0) is 9.84. The molecule has 0 aliphatic carbocycles. The first-order valence-electron chi connectivity index (χ1n) is 3.82. The second-order valence-corrected chi connectivity index (χ2v) is 3.54. The lowest BCUT2D eigenvalue weighted by atomic mass is 10.2. The third-order valence-electron chi connectivity index (χ3n) is 1.30. The summed E-state index contributed by atoms with van der Waals surface area (Å²) < 4.78 is 5.53. The molecule has 1 aromatic rings. The summed E-state index contributed by atoms with van der Waals surface area (Å²) in [6.45, 7) is 3.88. The third-order valence-corrected chi connectivity index (χ3v) is 2.00. The number of amides is 1. The number of anilines is 1. The molecule has 1 rings (SSSR count). The van der Waals surface area contributed by atoms with E-state index in [1.54, 1.807) is 0 Å². The monoisotopic (exact) mass is 295 g/mol. The molecule has 1 heterocycles. The van der Waals surface area contributed by atoms with Crippen molar-refractivity contribution in [2.75, 3.05) is 9.74 Å². The van der Waals surface area contributed by atoms with Gasteiger partial charge in [0.25, 0.3) is 0 Å². The summed E-state index contributed by atoms with van der Waals surface area (Å²) in [5.41, 5.74) is 0. The van der Waals surface area contributed by atoms with Crippen LogP contribution < -0.4 is 5.32 Å². The van der Waals surface area contributed by atoms with Gasteiger partial charge in [0.1, 0.15) is 0 Å². The second-order valence-electron chi connectivity index (χ2n) is 2.78. The molecule has 1 amide bonds. The zero-order valence-corrected chi connectivity index (χ0v) is 9.53. The molecule has 0 atom stereocenters. The van der Waals surface area contributed by atoms with E-state index in [1.807, 2.05) is 36.4 Å². The molecular formula is C7H10IN3O2. The second kappa shape index (κ2) is 4.54. The minimum atomic E-state index is -0.139. The fraction of sp³-hybridized carbons (Fsp3) is 0.571. The van der Waals surface area contributed by atoms with Crippen LogP contribution in [-0.4, -0.2) is 20.5 Å². The molecule has 72 valence electrons. The molecule has 5 nitrogen and oxygen atoms in total. The quantitative estimate of drug-likeness (QED) is 0.679. The number of rotatable bonds is 3. The molecule has 0 aromatic carbocycles. The van der Waals surface area contributed by atoms with E-state index in [4.69, 9.17) is 4.42 Å². The average molecular weight is 295 g/mol. The number of hydrogen-bond donors (Lipinski definition) is 1. The van der Waals surface area contributed by atoms with Crippen LogP contribution in [0.2, 0.25) is 0 Å². The lowest BCUT2D eigenvalue weighted by Gasteiger charge is -1.95. The van der Waals surface area contributed by atoms with Gasteiger partial charge in [-0.2, -0.15) is 0 Å². The predicted molar refractivity (Wildman–Crippen MR) is 55.9 cm³/mol. The van der Waals surface area contributed by atoms with Crippen LogP contribution in [0.15, 0.2) is 4.42 Å². The van der Waals surface area contributed by atoms with Gasteiger partial charge in [-0.15, -0.1) is 5.10 Å². The van der Waals surface area contributed by atoms with Crippen LogP contribution >= 0.6 is 22.6 Å². The van der Waals surface area contributed by atoms with Gasteiger partial charge in [0.2, 0.25) is 11.8 Å². The van der Waals surface area contributed by atoms with E-state index in [-0.39, 0.29) is 17.8 Å². The molecule has 1 N–H and O–H groups in total. The van der Waals surface area contributed by atoms with Gasteiger partial charge >= 0.3 is 6.01 Å². The molecule has 1 aromatic heterocycles. The lowest BCUT2D eigenvalue weighted by molar-refractivity contribution is -0.113. The Hall–Kier alpha value is -0.660. The maximum Gasteiger partial charge on any atom is 0.322 e. The van der Waals surface area contributed by atoms with Gasteiger partial charge in [-0.1, -0.05) is 41.5 Å². The molecule has 0 saturated carbocycles. The minimum absolute atomic E-state index is 0.139. The third kappa shape index (κ3) is 2.94. The summed E-state index contributed by atoms with van der Waals surface area (Å²) in [6.07, 6.45) is 0. The van der Waals surface area contributed by atoms with E-state index in [0.717, 1.165) is 0 Å². The molecule has 0 bridgehead atoms. The van der Waals surface area contributed by atoms with Crippen LogP contribution in [0.1, 0.15) is 25.7 Å². The number of alkyl halides is 1. The van der Waals surface area contributed by atoms with Crippen molar-refractivity contribution in [2.24, 2.45) is 0 Å². The number of nitrogens with zero attached hydrogens (tertiary/aromatic N) is 2. The lowest BCUT2D eigenvalue weighted by Crippen LogP contribution is -2.12. The normalized spacial score (nSPS) is 10.5. The van der Waals surface area contributed by atoms with Crippen LogP contribution in [0.25, 0.3) is 0 Å². The van der Waals surface area contributed by atoms with Crippen molar-refractivity contribution < 1.29 is 9.21 Å². The van der Waals surface area contributed by atoms with E-state index in [2.05, 4.69) is 15.5 Å². The van der Waals surface area contributed by atoms with Crippen LogP contribution in [-0.2, 0) is 4.79 Å². The fourth-order valence-corrected chi connectivity index (χ4v) is 0.862. The molecule has 13 heavy (non-hydrogen) atoms. The number of carbonyl (C=O) groups excluding carboxylic acids is 1. The first kappa shape index (κ1) is 10.4. The summed E-state index contributed by atoms with van der Waals surface area (Å²) in [5, 5.41) is 9.92. The zero-order valence-electron chi connectivity index (χ0n) is 7.37. The largest absolute Gasteiger partial charge is 0.408 e. The summed E-state index contributed by atoms with van der Waals surface area (Å²) in [7, 11) is 0. The van der Waals surface area contributed by atoms with Crippen molar-refractivity contribution >= 4 is 34.5 Å². The Balaban J connectivity index is 2.64. The van der Waals surface area contributed by atoms with Gasteiger partial charge in [0, 0.05) is 5.92 Å². The molecule has 0 aliphatic heterocycles. The Morgan fingerprint density at radius 2 is 2.31 bits per heavy atom. The minimum Gasteiger partial charge on any atom is -0.408 e. The maximum atomic E-state index is 10.9. The van der Waals surface area contributed by atoms with Crippen LogP contribution in [0.4, 0.5) is 6.01 Å². The molecule has 0 unspecified atom stereocenters. The number of nitrogens with one attached hydrogen (secondary N) is 1. The number of carbonyl (C=O) groups is 1. The topological polar surface area (TPSA) is 68.0 Å². The predicted octanol–water partition coefficient (Wildman–Crippen LogP) is 1.57. The molecule has 0 spiro atoms. The molecule has 0 saturated heterocycles. The number of hydrogen-bond acceptors (Lipinski definition) is 4. The van der Waals surface area contributed by atoms with E-state index >= 15 is 0 Å². The van der Waals surface area contributed by atoms with E-state index in [0.29, 0.717) is 10.3 Å². The van der Waals surface area contributed by atoms with Gasteiger partial charge < -0.3 is 4.42 Å². The van der Waals surface area contributed by atoms with Crippen molar-refractivity contribution in [3.63, 3.8) is 0 Å². The molecule has 6 heteroatoms. The van der Waals surface area contributed by atoms with E-state index < -0.39 is 0 Å². The number of halogens is 1. The van der Waals surface area contributed by atoms with Gasteiger partial charge in [0.05, 0.1) is 4.43 Å². The summed E-state index contributed by atoms with van der Waals surface area (Å²) in [4.78, 5) is 10.9. The Bertz CT molecular complexity index is 298. The molecule has 0 radical (unpaired) electrons. The Kier molecular flexibility index (Phi) is 3.64. The molecular weight excluding hydrogens is 285 g/mol. The highest BCUT2D eigenvalue weighted by molar-refractivity contribution is 14.1. The highest BCUT2D eigenvalue weighted by Gasteiger charge is 2.10. The van der Waals surface area contributed by atoms with E-state index in [1.165, 1.54) is 0 Å². The van der Waals surface area contributed by atoms with Crippen molar-refractivity contribution in [3.05, 3.63) is 5.89 Å². The fourth-order valence-electron chi connectivity index (χ4n) is 0.671. The summed E-state index contributed by atoms with van der Waals surface area (Å²) in [5.74, 6) is 0.570. The smallest absolute Gasteiger partial charge is 0.322 e. The Labute approximate surface area is 89.4 Å². The highest BCUT2D eigenvalue weighted by Crippen LogP contribution is 2.14. The molecule has 0 fully saturated rings. The summed E-state index contributed by atoms with van der Waals surface area (Å²) in [6, 6.07) is 0.172. The highest BCUT2D eigenvalue weighted by atomic mass is 127. The Morgan fingerprint density at radius 1 is 1.62 bits per heavy atom. The van der Waals surface area contributed by atoms with Gasteiger partial charge in [0.15, 0.2) is 0 Å². The van der Waals surface area contributed by atoms with Crippen molar-refractivity contribution in [3.8, 4) is 0 Å². The van der Waals surface area contributed by atoms with Gasteiger partial charge in [-0.3, -0.25) is 10.1 Å². The van der Waals surface area contributed by atoms with Gasteiger partial charge in [-0.05, 0) is 0 Å². The van der Waals surface area contributed by atoms with Crippen molar-refractivity contribution in [1.82, 2.24) is 10.2 Å². The van der Waals surface area contributed by atoms with Crippen molar-refractivity contribution in [2.45, 2.75) is 19.8 Å². The first-order valence-corrected chi connectivity index (χ1v) is 5.35. The maximum absolute atomic E-state index is 10.9. The average Bonchev–Trinajstić information content (AvgIpc) is 2.52. The van der Waals surface area contributed by atoms with Crippen LogP contribution in [0.5, 0.6) is 0 Å². The SMILES string of the molecule is CC(C)c1nnc(NC(=O)CI)o1. The standard InChI is InChI=1S/C7H10IN3O2/c1-4(2)6-10-11-7(13-6)9-5(12)3-8/h4H,3H2,1-2H3,(H,9,11,12). The summed E-state index contributed by atoms with van der Waals surface area (Å²) >= 11 is 1.96. The Morgan fingerprint density at radius 3 is 2.77 bits per heavy atom. The van der Waals surface area contributed by atoms with Crippen LogP contribution in [0.3, 0.4) is 0 Å². The van der Waals surface area contributed by atoms with Gasteiger partial charge in [-0.25, -0.2) is 0 Å².